The van der Waals surface area contributed by atoms with Crippen molar-refractivity contribution in [3.63, 3.8) is 0 Å². The van der Waals surface area contributed by atoms with Gasteiger partial charge in [0.15, 0.2) is 0 Å². The van der Waals surface area contributed by atoms with Gasteiger partial charge in [-0.15, -0.1) is 0 Å². The van der Waals surface area contributed by atoms with Gasteiger partial charge in [-0.2, -0.15) is 0 Å². The number of nitrogens with two attached hydrogens (primary N) is 1. The molecule has 4 nitrogen and oxygen atoms in total. The van der Waals surface area contributed by atoms with Gasteiger partial charge in [0.05, 0.1) is 12.3 Å². The molecule has 1 unspecified atom stereocenters. The van der Waals surface area contributed by atoms with Crippen LogP contribution in [0.2, 0.25) is 0 Å². The second-order valence-corrected chi connectivity index (χ2v) is 6.56. The van der Waals surface area contributed by atoms with Gasteiger partial charge in [-0.3, -0.25) is 0 Å². The standard InChI is InChI=1S/C18H31N3O/c1-5-22-18-7-6-15(13-17(18)19)12-14(2)21(4)16-8-10-20(3)11-9-16/h6-7,13-14,16H,5,8-12,19H2,1-4H3. The first kappa shape index (κ1) is 17.1. The Morgan fingerprint density at radius 2 is 2.05 bits per heavy atom. The Bertz CT molecular complexity index is 469. The number of benzene rings is 1. The fourth-order valence-electron chi connectivity index (χ4n) is 3.26. The van der Waals surface area contributed by atoms with Crippen molar-refractivity contribution in [2.75, 3.05) is 39.5 Å². The molecule has 1 fully saturated rings. The minimum Gasteiger partial charge on any atom is -0.492 e. The van der Waals surface area contributed by atoms with Crippen molar-refractivity contribution in [1.82, 2.24) is 9.80 Å². The van der Waals surface area contributed by atoms with Crippen LogP contribution in [0.3, 0.4) is 0 Å². The second-order valence-electron chi connectivity index (χ2n) is 6.56. The largest absolute Gasteiger partial charge is 0.492 e. The summed E-state index contributed by atoms with van der Waals surface area (Å²) in [6.07, 6.45) is 3.56. The maximum atomic E-state index is 6.07. The van der Waals surface area contributed by atoms with Crippen LogP contribution in [0.5, 0.6) is 5.75 Å². The van der Waals surface area contributed by atoms with Crippen molar-refractivity contribution < 1.29 is 4.74 Å². The second kappa shape index (κ2) is 7.84. The normalized spacial score (nSPS) is 18.6. The lowest BCUT2D eigenvalue weighted by atomic mass is 9.99. The fraction of sp³-hybridized carbons (Fsp3) is 0.667. The van der Waals surface area contributed by atoms with E-state index >= 15 is 0 Å². The fourth-order valence-corrected chi connectivity index (χ4v) is 3.26. The molecule has 4 heteroatoms. The molecular weight excluding hydrogens is 274 g/mol. The van der Waals surface area contributed by atoms with Crippen molar-refractivity contribution in [3.05, 3.63) is 23.8 Å². The van der Waals surface area contributed by atoms with Gasteiger partial charge >= 0.3 is 0 Å². The average Bonchev–Trinajstić information content (AvgIpc) is 2.50. The van der Waals surface area contributed by atoms with Gasteiger partial charge in [-0.1, -0.05) is 6.07 Å². The molecule has 1 aromatic carbocycles. The van der Waals surface area contributed by atoms with Crippen LogP contribution in [-0.2, 0) is 6.42 Å². The van der Waals surface area contributed by atoms with E-state index in [9.17, 15) is 0 Å². The minimum atomic E-state index is 0.519. The minimum absolute atomic E-state index is 0.519. The van der Waals surface area contributed by atoms with Crippen molar-refractivity contribution >= 4 is 5.69 Å². The lowest BCUT2D eigenvalue weighted by Crippen LogP contribution is -2.46. The number of ether oxygens (including phenoxy) is 1. The maximum absolute atomic E-state index is 6.07. The van der Waals surface area contributed by atoms with Gasteiger partial charge in [0.25, 0.3) is 0 Å². The highest BCUT2D eigenvalue weighted by molar-refractivity contribution is 5.54. The maximum Gasteiger partial charge on any atom is 0.142 e. The summed E-state index contributed by atoms with van der Waals surface area (Å²) >= 11 is 0. The van der Waals surface area contributed by atoms with Gasteiger partial charge < -0.3 is 20.3 Å². The summed E-state index contributed by atoms with van der Waals surface area (Å²) in [4.78, 5) is 4.96. The first-order valence-electron chi connectivity index (χ1n) is 8.43. The van der Waals surface area contributed by atoms with Crippen LogP contribution in [0.25, 0.3) is 0 Å². The predicted molar refractivity (Wildman–Crippen MR) is 93.5 cm³/mol. The highest BCUT2D eigenvalue weighted by Crippen LogP contribution is 2.24. The van der Waals surface area contributed by atoms with E-state index in [1.54, 1.807) is 0 Å². The van der Waals surface area contributed by atoms with Gasteiger partial charge in [0, 0.05) is 12.1 Å². The molecule has 0 aromatic heterocycles. The van der Waals surface area contributed by atoms with Crippen LogP contribution in [0.1, 0.15) is 32.3 Å². The van der Waals surface area contributed by atoms with Crippen molar-refractivity contribution in [3.8, 4) is 5.75 Å². The van der Waals surface area contributed by atoms with E-state index in [-0.39, 0.29) is 0 Å². The molecule has 2 N–H and O–H groups in total. The Kier molecular flexibility index (Phi) is 6.09. The SMILES string of the molecule is CCOc1ccc(CC(C)N(C)C2CCN(C)CC2)cc1N. The molecule has 0 amide bonds. The number of nitrogens with zero attached hydrogens (tertiary/aromatic N) is 2. The number of hydrogen-bond acceptors (Lipinski definition) is 4. The Morgan fingerprint density at radius 1 is 1.36 bits per heavy atom. The van der Waals surface area contributed by atoms with E-state index in [4.69, 9.17) is 10.5 Å². The van der Waals surface area contributed by atoms with E-state index in [0.717, 1.165) is 17.9 Å². The van der Waals surface area contributed by atoms with Crippen molar-refractivity contribution in [2.24, 2.45) is 0 Å². The molecule has 1 heterocycles. The Morgan fingerprint density at radius 3 is 2.64 bits per heavy atom. The quantitative estimate of drug-likeness (QED) is 0.820. The molecule has 0 radical (unpaired) electrons. The smallest absolute Gasteiger partial charge is 0.142 e. The van der Waals surface area contributed by atoms with E-state index in [1.165, 1.54) is 31.5 Å². The van der Waals surface area contributed by atoms with Crippen LogP contribution >= 0.6 is 0 Å². The third-order valence-corrected chi connectivity index (χ3v) is 4.86. The summed E-state index contributed by atoms with van der Waals surface area (Å²) in [6, 6.07) is 7.41. The number of anilines is 1. The topological polar surface area (TPSA) is 41.7 Å². The molecule has 1 aliphatic rings. The number of rotatable bonds is 6. The average molecular weight is 305 g/mol. The van der Waals surface area contributed by atoms with Gasteiger partial charge in [-0.25, -0.2) is 0 Å². The first-order valence-corrected chi connectivity index (χ1v) is 8.43. The van der Waals surface area contributed by atoms with Gasteiger partial charge in [-0.05, 0) is 78.0 Å². The Hall–Kier alpha value is -1.26. The summed E-state index contributed by atoms with van der Waals surface area (Å²) < 4.78 is 5.51. The summed E-state index contributed by atoms with van der Waals surface area (Å²) in [5, 5.41) is 0. The lowest BCUT2D eigenvalue weighted by molar-refractivity contribution is 0.113. The first-order chi connectivity index (χ1) is 10.5. The van der Waals surface area contributed by atoms with Crippen molar-refractivity contribution in [1.29, 1.82) is 0 Å². The van der Waals surface area contributed by atoms with Crippen LogP contribution < -0.4 is 10.5 Å². The third-order valence-electron chi connectivity index (χ3n) is 4.86. The number of likely N-dealkylation sites (tertiary alicyclic amines) is 1. The zero-order valence-electron chi connectivity index (χ0n) is 14.5. The monoisotopic (exact) mass is 305 g/mol. The molecule has 1 aliphatic heterocycles. The molecule has 22 heavy (non-hydrogen) atoms. The number of piperidine rings is 1. The highest BCUT2D eigenvalue weighted by Gasteiger charge is 2.23. The van der Waals surface area contributed by atoms with Gasteiger partial charge in [0.2, 0.25) is 0 Å². The van der Waals surface area contributed by atoms with Crippen molar-refractivity contribution in [2.45, 2.75) is 45.2 Å². The van der Waals surface area contributed by atoms with E-state index in [0.29, 0.717) is 18.7 Å². The van der Waals surface area contributed by atoms with Crippen LogP contribution in [-0.4, -0.2) is 55.7 Å². The van der Waals surface area contributed by atoms with Crippen LogP contribution in [0.4, 0.5) is 5.69 Å². The Balaban J connectivity index is 1.93. The number of nitrogen functional groups attached to an aromatic ring is 1. The predicted octanol–water partition coefficient (Wildman–Crippen LogP) is 2.62. The van der Waals surface area contributed by atoms with Crippen LogP contribution in [0, 0.1) is 0 Å². The molecule has 0 saturated carbocycles. The zero-order valence-corrected chi connectivity index (χ0v) is 14.5. The molecule has 124 valence electrons. The molecule has 2 rings (SSSR count). The van der Waals surface area contributed by atoms with E-state index < -0.39 is 0 Å². The third kappa shape index (κ3) is 4.37. The van der Waals surface area contributed by atoms with Gasteiger partial charge in [0.1, 0.15) is 5.75 Å². The molecule has 1 aromatic rings. The molecule has 0 spiro atoms. The number of likely N-dealkylation sites (N-methyl/N-ethyl adjacent to an activating group) is 1. The summed E-state index contributed by atoms with van der Waals surface area (Å²) in [6.45, 7) is 7.35. The number of hydrogen-bond donors (Lipinski definition) is 1. The summed E-state index contributed by atoms with van der Waals surface area (Å²) in [5.41, 5.74) is 8.10. The zero-order chi connectivity index (χ0) is 16.1. The summed E-state index contributed by atoms with van der Waals surface area (Å²) in [7, 11) is 4.47. The molecule has 0 aliphatic carbocycles. The van der Waals surface area contributed by atoms with E-state index in [1.807, 2.05) is 13.0 Å². The van der Waals surface area contributed by atoms with Crippen LogP contribution in [0.15, 0.2) is 18.2 Å². The molecule has 1 saturated heterocycles. The Labute approximate surface area is 135 Å². The lowest BCUT2D eigenvalue weighted by Gasteiger charge is -2.38. The highest BCUT2D eigenvalue weighted by atomic mass is 16.5. The molecular formula is C18H31N3O. The van der Waals surface area contributed by atoms with E-state index in [2.05, 4.69) is 43.0 Å². The molecule has 0 bridgehead atoms. The molecule has 1 atom stereocenters. The summed E-state index contributed by atoms with van der Waals surface area (Å²) in [5.74, 6) is 0.794.